The number of rotatable bonds is 6. The highest BCUT2D eigenvalue weighted by molar-refractivity contribution is 6.30. The molecule has 0 N–H and O–H groups in total. The lowest BCUT2D eigenvalue weighted by Crippen LogP contribution is -2.11. The van der Waals surface area contributed by atoms with E-state index >= 15 is 0 Å². The largest absolute Gasteiger partial charge is 0.462 e. The van der Waals surface area contributed by atoms with E-state index in [-0.39, 0.29) is 13.2 Å². The van der Waals surface area contributed by atoms with Crippen LogP contribution in [0.5, 0.6) is 0 Å². The molecule has 120 valence electrons. The molecular weight excluding hydrogens is 339 g/mol. The monoisotopic (exact) mass is 352 g/mol. The first-order valence-electron chi connectivity index (χ1n) is 6.91. The van der Waals surface area contributed by atoms with E-state index in [0.29, 0.717) is 27.6 Å². The van der Waals surface area contributed by atoms with Crippen LogP contribution in [0.1, 0.15) is 27.1 Å². The first-order chi connectivity index (χ1) is 11.1. The van der Waals surface area contributed by atoms with Gasteiger partial charge in [-0.3, -0.25) is 0 Å². The Balaban J connectivity index is 1.67. The average molecular weight is 353 g/mol. The van der Waals surface area contributed by atoms with Gasteiger partial charge in [-0.2, -0.15) is 0 Å². The van der Waals surface area contributed by atoms with E-state index < -0.39 is 11.9 Å². The van der Waals surface area contributed by atoms with Crippen molar-refractivity contribution in [1.29, 1.82) is 0 Å². The van der Waals surface area contributed by atoms with E-state index in [0.717, 1.165) is 0 Å². The molecule has 2 aromatic carbocycles. The predicted octanol–water partition coefficient (Wildman–Crippen LogP) is 4.40. The first kappa shape index (κ1) is 17.3. The molecule has 23 heavy (non-hydrogen) atoms. The summed E-state index contributed by atoms with van der Waals surface area (Å²) in [5, 5.41) is 1.10. The maximum absolute atomic E-state index is 11.7. The number of hydrogen-bond acceptors (Lipinski definition) is 4. The summed E-state index contributed by atoms with van der Waals surface area (Å²) in [6.07, 6.45) is 0.415. The van der Waals surface area contributed by atoms with Crippen molar-refractivity contribution in [3.63, 3.8) is 0 Å². The number of carbonyl (C=O) groups is 2. The topological polar surface area (TPSA) is 52.6 Å². The molecule has 0 aliphatic carbocycles. The smallest absolute Gasteiger partial charge is 0.338 e. The van der Waals surface area contributed by atoms with Crippen LogP contribution in [-0.4, -0.2) is 25.2 Å². The molecule has 0 saturated heterocycles. The van der Waals surface area contributed by atoms with Crippen molar-refractivity contribution in [3.05, 3.63) is 69.7 Å². The third kappa shape index (κ3) is 5.58. The number of esters is 2. The maximum atomic E-state index is 11.7. The van der Waals surface area contributed by atoms with Gasteiger partial charge in [0.2, 0.25) is 0 Å². The van der Waals surface area contributed by atoms with Gasteiger partial charge in [-0.05, 0) is 48.5 Å². The van der Waals surface area contributed by atoms with E-state index in [1.165, 1.54) is 0 Å². The van der Waals surface area contributed by atoms with Crippen molar-refractivity contribution < 1.29 is 19.1 Å². The van der Waals surface area contributed by atoms with Gasteiger partial charge in [0.1, 0.15) is 0 Å². The standard InChI is InChI=1S/C17H14Cl2O4/c18-14-6-2-12(3-7-14)16(20)22-10-1-11-23-17(21)13-4-8-15(19)9-5-13/h2-9H,1,10-11H2. The lowest BCUT2D eigenvalue weighted by Gasteiger charge is -2.06. The highest BCUT2D eigenvalue weighted by atomic mass is 35.5. The van der Waals surface area contributed by atoms with Gasteiger partial charge < -0.3 is 9.47 Å². The molecule has 0 spiro atoms. The second-order valence-corrected chi connectivity index (χ2v) is 5.51. The molecule has 0 amide bonds. The van der Waals surface area contributed by atoms with Crippen LogP contribution < -0.4 is 0 Å². The van der Waals surface area contributed by atoms with Crippen molar-refractivity contribution in [2.75, 3.05) is 13.2 Å². The molecule has 0 atom stereocenters. The summed E-state index contributed by atoms with van der Waals surface area (Å²) in [7, 11) is 0. The fraction of sp³-hybridized carbons (Fsp3) is 0.176. The molecule has 6 heteroatoms. The summed E-state index contributed by atoms with van der Waals surface area (Å²) in [6.45, 7) is 0.324. The Morgan fingerprint density at radius 3 is 1.39 bits per heavy atom. The highest BCUT2D eigenvalue weighted by Crippen LogP contribution is 2.11. The lowest BCUT2D eigenvalue weighted by molar-refractivity contribution is 0.0396. The van der Waals surface area contributed by atoms with Gasteiger partial charge >= 0.3 is 11.9 Å². The van der Waals surface area contributed by atoms with Gasteiger partial charge in [-0.1, -0.05) is 23.2 Å². The molecule has 2 aromatic rings. The molecule has 2 rings (SSSR count). The van der Waals surface area contributed by atoms with Gasteiger partial charge in [0.25, 0.3) is 0 Å². The summed E-state index contributed by atoms with van der Waals surface area (Å²) >= 11 is 11.5. The average Bonchev–Trinajstić information content (AvgIpc) is 2.55. The van der Waals surface area contributed by atoms with Crippen LogP contribution in [0.4, 0.5) is 0 Å². The van der Waals surface area contributed by atoms with E-state index in [1.807, 2.05) is 0 Å². The highest BCUT2D eigenvalue weighted by Gasteiger charge is 2.08. The van der Waals surface area contributed by atoms with Crippen LogP contribution in [0, 0.1) is 0 Å². The zero-order valence-electron chi connectivity index (χ0n) is 12.1. The third-order valence-electron chi connectivity index (χ3n) is 2.91. The number of ether oxygens (including phenoxy) is 2. The molecular formula is C17H14Cl2O4. The van der Waals surface area contributed by atoms with E-state index in [1.54, 1.807) is 48.5 Å². The van der Waals surface area contributed by atoms with Crippen molar-refractivity contribution in [3.8, 4) is 0 Å². The lowest BCUT2D eigenvalue weighted by atomic mass is 10.2. The van der Waals surface area contributed by atoms with E-state index in [9.17, 15) is 9.59 Å². The minimum absolute atomic E-state index is 0.162. The molecule has 0 bridgehead atoms. The molecule has 0 fully saturated rings. The SMILES string of the molecule is O=C(OCCCOC(=O)c1ccc(Cl)cc1)c1ccc(Cl)cc1. The summed E-state index contributed by atoms with van der Waals surface area (Å²) in [6, 6.07) is 12.8. The van der Waals surface area contributed by atoms with Crippen molar-refractivity contribution in [2.45, 2.75) is 6.42 Å². The number of halogens is 2. The third-order valence-corrected chi connectivity index (χ3v) is 3.42. The number of carbonyl (C=O) groups excluding carboxylic acids is 2. The van der Waals surface area contributed by atoms with Crippen molar-refractivity contribution in [1.82, 2.24) is 0 Å². The van der Waals surface area contributed by atoms with Gasteiger partial charge in [0.05, 0.1) is 24.3 Å². The Hall–Kier alpha value is -2.04. The fourth-order valence-corrected chi connectivity index (χ4v) is 1.98. The summed E-state index contributed by atoms with van der Waals surface area (Å²) in [5.41, 5.74) is 0.847. The van der Waals surface area contributed by atoms with Crippen LogP contribution in [0.3, 0.4) is 0 Å². The maximum Gasteiger partial charge on any atom is 0.338 e. The van der Waals surface area contributed by atoms with Crippen molar-refractivity contribution in [2.24, 2.45) is 0 Å². The molecule has 0 unspecified atom stereocenters. The minimum atomic E-state index is -0.439. The quantitative estimate of drug-likeness (QED) is 0.571. The second kappa shape index (κ2) is 8.56. The summed E-state index contributed by atoms with van der Waals surface area (Å²) in [5.74, 6) is -0.878. The van der Waals surface area contributed by atoms with Crippen LogP contribution in [-0.2, 0) is 9.47 Å². The zero-order chi connectivity index (χ0) is 16.7. The Bertz CT molecular complexity index is 606. The molecule has 0 heterocycles. The Labute approximate surface area is 143 Å². The minimum Gasteiger partial charge on any atom is -0.462 e. The number of benzene rings is 2. The van der Waals surface area contributed by atoms with E-state index in [2.05, 4.69) is 0 Å². The fourth-order valence-electron chi connectivity index (χ4n) is 1.73. The predicted molar refractivity (Wildman–Crippen MR) is 88.1 cm³/mol. The van der Waals surface area contributed by atoms with Gasteiger partial charge in [0, 0.05) is 16.5 Å². The Morgan fingerprint density at radius 2 is 1.04 bits per heavy atom. The molecule has 0 aliphatic heterocycles. The van der Waals surface area contributed by atoms with Crippen LogP contribution in [0.25, 0.3) is 0 Å². The van der Waals surface area contributed by atoms with Gasteiger partial charge in [-0.15, -0.1) is 0 Å². The molecule has 4 nitrogen and oxygen atoms in total. The Morgan fingerprint density at radius 1 is 0.696 bits per heavy atom. The first-order valence-corrected chi connectivity index (χ1v) is 7.67. The Kier molecular flexibility index (Phi) is 6.44. The van der Waals surface area contributed by atoms with E-state index in [4.69, 9.17) is 32.7 Å². The summed E-state index contributed by atoms with van der Waals surface area (Å²) < 4.78 is 10.2. The van der Waals surface area contributed by atoms with Crippen LogP contribution >= 0.6 is 23.2 Å². The van der Waals surface area contributed by atoms with Crippen LogP contribution in [0.15, 0.2) is 48.5 Å². The second-order valence-electron chi connectivity index (χ2n) is 4.64. The zero-order valence-corrected chi connectivity index (χ0v) is 13.6. The molecule has 0 radical (unpaired) electrons. The molecule has 0 saturated carbocycles. The van der Waals surface area contributed by atoms with Gasteiger partial charge in [0.15, 0.2) is 0 Å². The number of hydrogen-bond donors (Lipinski definition) is 0. The normalized spacial score (nSPS) is 10.2. The van der Waals surface area contributed by atoms with Crippen molar-refractivity contribution >= 4 is 35.1 Å². The van der Waals surface area contributed by atoms with Crippen LogP contribution in [0.2, 0.25) is 10.0 Å². The molecule has 0 aromatic heterocycles. The molecule has 0 aliphatic rings. The summed E-state index contributed by atoms with van der Waals surface area (Å²) in [4.78, 5) is 23.4. The van der Waals surface area contributed by atoms with Gasteiger partial charge in [-0.25, -0.2) is 9.59 Å².